The largest absolute Gasteiger partial charge is 0.497 e. The molecule has 0 saturated carbocycles. The predicted molar refractivity (Wildman–Crippen MR) is 97.1 cm³/mol. The van der Waals surface area contributed by atoms with E-state index in [4.69, 9.17) is 4.74 Å². The number of benzene rings is 1. The Morgan fingerprint density at radius 2 is 2.11 bits per heavy atom. The molecule has 1 aromatic heterocycles. The highest BCUT2D eigenvalue weighted by molar-refractivity contribution is 5.77. The molecule has 8 heteroatoms. The van der Waals surface area contributed by atoms with Gasteiger partial charge in [0, 0.05) is 18.5 Å². The zero-order chi connectivity index (χ0) is 18.4. The molecule has 4 aliphatic rings. The maximum Gasteiger partial charge on any atom is 0.244 e. The number of carbonyl (C=O) groups excluding carboxylic acids is 1. The number of methoxy groups -OCH3 is 1. The minimum Gasteiger partial charge on any atom is -0.497 e. The van der Waals surface area contributed by atoms with Crippen molar-refractivity contribution < 1.29 is 9.53 Å². The van der Waals surface area contributed by atoms with E-state index in [1.165, 1.54) is 29.4 Å². The second-order valence-electron chi connectivity index (χ2n) is 7.79. The van der Waals surface area contributed by atoms with Crippen LogP contribution < -0.4 is 4.74 Å². The summed E-state index contributed by atoms with van der Waals surface area (Å²) in [5.41, 5.74) is 1.26. The number of tetrazole rings is 1. The van der Waals surface area contributed by atoms with Crippen LogP contribution in [0.15, 0.2) is 30.6 Å². The van der Waals surface area contributed by atoms with Gasteiger partial charge in [0.25, 0.3) is 0 Å². The Morgan fingerprint density at radius 3 is 2.85 bits per heavy atom. The zero-order valence-electron chi connectivity index (χ0n) is 15.4. The molecule has 0 aliphatic carbocycles. The number of aromatic nitrogens is 4. The third-order valence-electron chi connectivity index (χ3n) is 6.53. The first kappa shape index (κ1) is 16.7. The highest BCUT2D eigenvalue weighted by Gasteiger charge is 2.54. The zero-order valence-corrected chi connectivity index (χ0v) is 15.4. The van der Waals surface area contributed by atoms with Crippen LogP contribution >= 0.6 is 0 Å². The van der Waals surface area contributed by atoms with Crippen LogP contribution in [-0.4, -0.2) is 74.7 Å². The Balaban J connectivity index is 1.47. The summed E-state index contributed by atoms with van der Waals surface area (Å²) in [5, 5.41) is 11.1. The molecule has 8 nitrogen and oxygen atoms in total. The number of rotatable bonds is 4. The van der Waals surface area contributed by atoms with Crippen molar-refractivity contribution in [2.75, 3.05) is 26.7 Å². The van der Waals surface area contributed by atoms with Crippen LogP contribution in [0.1, 0.15) is 24.3 Å². The van der Waals surface area contributed by atoms with Gasteiger partial charge in [0.2, 0.25) is 5.91 Å². The average molecular weight is 368 g/mol. The normalized spacial score (nSPS) is 31.7. The average Bonchev–Trinajstić information content (AvgIpc) is 3.37. The fourth-order valence-corrected chi connectivity index (χ4v) is 5.35. The number of likely N-dealkylation sites (tertiary alicyclic amines) is 1. The van der Waals surface area contributed by atoms with Crippen molar-refractivity contribution in [3.05, 3.63) is 36.2 Å². The first-order chi connectivity index (χ1) is 13.2. The molecule has 0 N–H and O–H groups in total. The van der Waals surface area contributed by atoms with Crippen LogP contribution in [0.5, 0.6) is 5.75 Å². The molecule has 0 unspecified atom stereocenters. The molecule has 1 amide bonds. The van der Waals surface area contributed by atoms with E-state index in [-0.39, 0.29) is 18.5 Å². The standard InChI is InChI=1S/C19H24N6O2/c1-27-15-4-2-3-14(9-15)16-10-25(17(26)11-24-12-20-21-22-24)18-13-5-7-23(8-6-13)19(16)18/h2-4,9,12-13,16,18-19H,5-8,10-11H2,1H3/t16-,18-,19-/m0/s1. The molecular weight excluding hydrogens is 344 g/mol. The lowest BCUT2D eigenvalue weighted by atomic mass is 9.75. The van der Waals surface area contributed by atoms with Crippen molar-refractivity contribution in [2.24, 2.45) is 5.92 Å². The molecule has 4 saturated heterocycles. The second-order valence-corrected chi connectivity index (χ2v) is 7.79. The number of piperidine rings is 3. The summed E-state index contributed by atoms with van der Waals surface area (Å²) < 4.78 is 6.95. The number of ether oxygens (including phenoxy) is 1. The van der Waals surface area contributed by atoms with E-state index in [1.807, 2.05) is 12.1 Å². The van der Waals surface area contributed by atoms with Crippen LogP contribution in [0.4, 0.5) is 0 Å². The van der Waals surface area contributed by atoms with Gasteiger partial charge in [-0.25, -0.2) is 4.68 Å². The topological polar surface area (TPSA) is 76.4 Å². The Morgan fingerprint density at radius 1 is 1.26 bits per heavy atom. The van der Waals surface area contributed by atoms with Gasteiger partial charge < -0.3 is 9.64 Å². The minimum atomic E-state index is 0.108. The molecule has 2 aromatic rings. The van der Waals surface area contributed by atoms with Crippen molar-refractivity contribution >= 4 is 5.91 Å². The Hall–Kier alpha value is -2.48. The number of nitrogens with zero attached hydrogens (tertiary/aromatic N) is 6. The maximum absolute atomic E-state index is 13.1. The summed E-state index contributed by atoms with van der Waals surface area (Å²) in [5.74, 6) is 1.88. The molecule has 2 bridgehead atoms. The SMILES string of the molecule is COc1cccc([C@@H]2CN(C(=O)Cn3cnnn3)[C@H]3C4CCN(CC4)[C@@H]23)c1. The van der Waals surface area contributed by atoms with Crippen molar-refractivity contribution in [2.45, 2.75) is 37.4 Å². The van der Waals surface area contributed by atoms with Gasteiger partial charge in [-0.2, -0.15) is 0 Å². The molecule has 0 radical (unpaired) electrons. The van der Waals surface area contributed by atoms with Gasteiger partial charge >= 0.3 is 0 Å². The highest BCUT2D eigenvalue weighted by atomic mass is 16.5. The van der Waals surface area contributed by atoms with Gasteiger partial charge in [-0.05, 0) is 60.0 Å². The van der Waals surface area contributed by atoms with Gasteiger partial charge in [-0.3, -0.25) is 9.69 Å². The molecule has 6 rings (SSSR count). The fraction of sp³-hybridized carbons (Fsp3) is 0.579. The molecule has 4 fully saturated rings. The van der Waals surface area contributed by atoms with E-state index in [2.05, 4.69) is 37.5 Å². The summed E-state index contributed by atoms with van der Waals surface area (Å²) in [6, 6.07) is 8.99. The molecule has 142 valence electrons. The number of amides is 1. The molecule has 1 aromatic carbocycles. The van der Waals surface area contributed by atoms with E-state index >= 15 is 0 Å². The van der Waals surface area contributed by atoms with Crippen LogP contribution in [0.2, 0.25) is 0 Å². The van der Waals surface area contributed by atoms with Gasteiger partial charge in [0.1, 0.15) is 18.6 Å². The molecule has 4 aliphatic heterocycles. The smallest absolute Gasteiger partial charge is 0.244 e. The Labute approximate surface area is 158 Å². The summed E-state index contributed by atoms with van der Waals surface area (Å²) in [4.78, 5) is 17.8. The summed E-state index contributed by atoms with van der Waals surface area (Å²) in [6.45, 7) is 3.23. The quantitative estimate of drug-likeness (QED) is 0.793. The van der Waals surface area contributed by atoms with Crippen LogP contribution in [0.25, 0.3) is 0 Å². The number of hydrogen-bond acceptors (Lipinski definition) is 6. The van der Waals surface area contributed by atoms with Gasteiger partial charge in [0.05, 0.1) is 13.2 Å². The third-order valence-corrected chi connectivity index (χ3v) is 6.53. The predicted octanol–water partition coefficient (Wildman–Crippen LogP) is 0.771. The van der Waals surface area contributed by atoms with E-state index in [1.54, 1.807) is 7.11 Å². The lowest BCUT2D eigenvalue weighted by Gasteiger charge is -2.51. The van der Waals surface area contributed by atoms with Crippen LogP contribution in [0.3, 0.4) is 0 Å². The first-order valence-electron chi connectivity index (χ1n) is 9.63. The van der Waals surface area contributed by atoms with E-state index < -0.39 is 0 Å². The van der Waals surface area contributed by atoms with E-state index in [0.717, 1.165) is 25.4 Å². The lowest BCUT2D eigenvalue weighted by molar-refractivity contribution is -0.136. The second kappa shape index (κ2) is 6.60. The fourth-order valence-electron chi connectivity index (χ4n) is 5.35. The molecule has 27 heavy (non-hydrogen) atoms. The van der Waals surface area contributed by atoms with Crippen LogP contribution in [-0.2, 0) is 11.3 Å². The molecule has 0 spiro atoms. The number of carbonyl (C=O) groups is 1. The lowest BCUT2D eigenvalue weighted by Crippen LogP contribution is -2.61. The third kappa shape index (κ3) is 2.79. The summed E-state index contributed by atoms with van der Waals surface area (Å²) >= 11 is 0. The Kier molecular flexibility index (Phi) is 4.07. The highest BCUT2D eigenvalue weighted by Crippen LogP contribution is 2.46. The maximum atomic E-state index is 13.1. The minimum absolute atomic E-state index is 0.108. The van der Waals surface area contributed by atoms with Crippen molar-refractivity contribution in [1.82, 2.24) is 30.0 Å². The molecule has 3 atom stereocenters. The first-order valence-corrected chi connectivity index (χ1v) is 9.63. The van der Waals surface area contributed by atoms with Crippen molar-refractivity contribution in [1.29, 1.82) is 0 Å². The van der Waals surface area contributed by atoms with Crippen molar-refractivity contribution in [3.8, 4) is 5.75 Å². The van der Waals surface area contributed by atoms with E-state index in [9.17, 15) is 4.79 Å². The summed E-state index contributed by atoms with van der Waals surface area (Å²) in [7, 11) is 1.70. The Bertz CT molecular complexity index is 817. The molecule has 5 heterocycles. The summed E-state index contributed by atoms with van der Waals surface area (Å²) in [6.07, 6.45) is 3.86. The number of fused-ring (bicyclic) bond motifs is 2. The number of hydrogen-bond donors (Lipinski definition) is 0. The van der Waals surface area contributed by atoms with Gasteiger partial charge in [-0.1, -0.05) is 12.1 Å². The van der Waals surface area contributed by atoms with Gasteiger partial charge in [0.15, 0.2) is 0 Å². The van der Waals surface area contributed by atoms with Gasteiger partial charge in [-0.15, -0.1) is 5.10 Å². The van der Waals surface area contributed by atoms with E-state index in [0.29, 0.717) is 17.9 Å². The van der Waals surface area contributed by atoms with Crippen LogP contribution in [0, 0.1) is 5.92 Å². The monoisotopic (exact) mass is 368 g/mol. The van der Waals surface area contributed by atoms with Crippen molar-refractivity contribution in [3.63, 3.8) is 0 Å². The molecular formula is C19H24N6O2.